The van der Waals surface area contributed by atoms with Crippen LogP contribution in [0.1, 0.15) is 5.69 Å². The lowest BCUT2D eigenvalue weighted by Crippen LogP contribution is -2.09. The van der Waals surface area contributed by atoms with Crippen LogP contribution >= 0.6 is 0 Å². The van der Waals surface area contributed by atoms with E-state index in [0.29, 0.717) is 23.0 Å². The minimum Gasteiger partial charge on any atom is -0.339 e. The molecule has 0 fully saturated rings. The van der Waals surface area contributed by atoms with E-state index in [-0.39, 0.29) is 11.3 Å². The Morgan fingerprint density at radius 1 is 1.11 bits per heavy atom. The molecule has 0 bridgehead atoms. The molecule has 0 unspecified atom stereocenters. The molecule has 0 amide bonds. The summed E-state index contributed by atoms with van der Waals surface area (Å²) in [7, 11) is 0. The van der Waals surface area contributed by atoms with Gasteiger partial charge in [0.15, 0.2) is 5.65 Å². The zero-order valence-corrected chi connectivity index (χ0v) is 14.3. The molecule has 3 aromatic rings. The smallest absolute Gasteiger partial charge is 0.339 e. The summed E-state index contributed by atoms with van der Waals surface area (Å²) in [4.78, 5) is 16.1. The molecule has 142 valence electrons. The maximum atomic E-state index is 14.0. The molecule has 0 atom stereocenters. The second-order valence-electron chi connectivity index (χ2n) is 5.64. The van der Waals surface area contributed by atoms with E-state index in [9.17, 15) is 17.6 Å². The maximum absolute atomic E-state index is 14.0. The predicted octanol–water partition coefficient (Wildman–Crippen LogP) is 5.15. The van der Waals surface area contributed by atoms with Gasteiger partial charge in [0.1, 0.15) is 18.0 Å². The van der Waals surface area contributed by atoms with Gasteiger partial charge in [0.25, 0.3) is 0 Å². The molecule has 3 aromatic heterocycles. The summed E-state index contributed by atoms with van der Waals surface area (Å²) in [5, 5.41) is 3.58. The van der Waals surface area contributed by atoms with Crippen LogP contribution in [-0.2, 0) is 0 Å². The minimum atomic E-state index is -4.71. The molecule has 0 aliphatic heterocycles. The molecular formula is C19H13F4N5. The van der Waals surface area contributed by atoms with E-state index in [2.05, 4.69) is 38.4 Å². The van der Waals surface area contributed by atoms with Gasteiger partial charge >= 0.3 is 6.18 Å². The Kier molecular flexibility index (Phi) is 5.16. The first-order chi connectivity index (χ1) is 13.3. The SMILES string of the molecule is C=C(F)/C(=C\C(=C)C(F)(F)F)c1cc(Nc2ccncn2)c2cccnc2n1. The van der Waals surface area contributed by atoms with Crippen LogP contribution in [0.4, 0.5) is 29.1 Å². The lowest BCUT2D eigenvalue weighted by molar-refractivity contribution is -0.0877. The van der Waals surface area contributed by atoms with Gasteiger partial charge in [-0.3, -0.25) is 0 Å². The molecule has 0 aliphatic rings. The van der Waals surface area contributed by atoms with Gasteiger partial charge < -0.3 is 5.32 Å². The van der Waals surface area contributed by atoms with E-state index >= 15 is 0 Å². The number of anilines is 2. The van der Waals surface area contributed by atoms with Crippen molar-refractivity contribution in [1.29, 1.82) is 0 Å². The first kappa shape index (κ1) is 19.2. The van der Waals surface area contributed by atoms with Crippen LogP contribution in [0.15, 0.2) is 73.6 Å². The summed E-state index contributed by atoms with van der Waals surface area (Å²) >= 11 is 0. The predicted molar refractivity (Wildman–Crippen MR) is 98.3 cm³/mol. The van der Waals surface area contributed by atoms with Crippen molar-refractivity contribution in [3.8, 4) is 0 Å². The molecule has 0 saturated carbocycles. The van der Waals surface area contributed by atoms with E-state index in [0.717, 1.165) is 0 Å². The van der Waals surface area contributed by atoms with Crippen molar-refractivity contribution in [2.24, 2.45) is 0 Å². The van der Waals surface area contributed by atoms with Crippen LogP contribution < -0.4 is 5.32 Å². The minimum absolute atomic E-state index is 0.0827. The average molecular weight is 387 g/mol. The number of halogens is 4. The topological polar surface area (TPSA) is 63.6 Å². The number of aromatic nitrogens is 4. The van der Waals surface area contributed by atoms with Crippen molar-refractivity contribution >= 4 is 28.1 Å². The van der Waals surface area contributed by atoms with Crippen LogP contribution in [-0.4, -0.2) is 26.1 Å². The highest BCUT2D eigenvalue weighted by Gasteiger charge is 2.31. The molecule has 3 rings (SSSR count). The van der Waals surface area contributed by atoms with Crippen molar-refractivity contribution in [1.82, 2.24) is 19.9 Å². The largest absolute Gasteiger partial charge is 0.415 e. The highest BCUT2D eigenvalue weighted by atomic mass is 19.4. The number of nitrogens with one attached hydrogen (secondary N) is 1. The summed E-state index contributed by atoms with van der Waals surface area (Å²) in [5.74, 6) is -0.650. The number of alkyl halides is 3. The quantitative estimate of drug-likeness (QED) is 0.485. The highest BCUT2D eigenvalue weighted by molar-refractivity contribution is 5.93. The van der Waals surface area contributed by atoms with Gasteiger partial charge in [0.05, 0.1) is 11.4 Å². The third-order valence-electron chi connectivity index (χ3n) is 3.68. The number of rotatable bonds is 5. The lowest BCUT2D eigenvalue weighted by atomic mass is 10.1. The Labute approximate surface area is 157 Å². The van der Waals surface area contributed by atoms with Gasteiger partial charge in [-0.25, -0.2) is 24.3 Å². The summed E-state index contributed by atoms with van der Waals surface area (Å²) < 4.78 is 52.5. The molecule has 0 aliphatic carbocycles. The molecule has 0 aromatic carbocycles. The van der Waals surface area contributed by atoms with Crippen molar-refractivity contribution < 1.29 is 17.6 Å². The third kappa shape index (κ3) is 4.20. The Balaban J connectivity index is 2.16. The lowest BCUT2D eigenvalue weighted by Gasteiger charge is -2.13. The average Bonchev–Trinajstić information content (AvgIpc) is 2.65. The van der Waals surface area contributed by atoms with Crippen LogP contribution in [0.2, 0.25) is 0 Å². The molecule has 0 saturated heterocycles. The normalized spacial score (nSPS) is 12.1. The number of fused-ring (bicyclic) bond motifs is 1. The van der Waals surface area contributed by atoms with Gasteiger partial charge in [-0.1, -0.05) is 13.2 Å². The van der Waals surface area contributed by atoms with Crippen LogP contribution in [0, 0.1) is 0 Å². The zero-order chi connectivity index (χ0) is 20.3. The van der Waals surface area contributed by atoms with Gasteiger partial charge in [-0.15, -0.1) is 0 Å². The Morgan fingerprint density at radius 2 is 1.89 bits per heavy atom. The van der Waals surface area contributed by atoms with Crippen LogP contribution in [0.3, 0.4) is 0 Å². The Morgan fingerprint density at radius 3 is 2.54 bits per heavy atom. The first-order valence-electron chi connectivity index (χ1n) is 7.87. The van der Waals surface area contributed by atoms with E-state index in [1.165, 1.54) is 24.8 Å². The molecule has 28 heavy (non-hydrogen) atoms. The van der Waals surface area contributed by atoms with Crippen molar-refractivity contribution in [3.63, 3.8) is 0 Å². The standard InChI is InChI=1S/C19H13F4N5/c1-11(19(21,22)23)8-14(12(2)20)16-9-15(27-17-5-7-24-10-26-17)13-4-3-6-25-18(13)28-16/h3-10H,1-2H2,(H,24,25,26,27,28)/b14-8+. The zero-order valence-electron chi connectivity index (χ0n) is 14.3. The first-order valence-corrected chi connectivity index (χ1v) is 7.87. The number of nitrogens with zero attached hydrogens (tertiary/aromatic N) is 4. The molecule has 0 spiro atoms. The summed E-state index contributed by atoms with van der Waals surface area (Å²) in [6.07, 6.45) is 0.161. The third-order valence-corrected chi connectivity index (χ3v) is 3.68. The Hall–Kier alpha value is -3.62. The fourth-order valence-electron chi connectivity index (χ4n) is 2.35. The van der Waals surface area contributed by atoms with Gasteiger partial charge in [0.2, 0.25) is 0 Å². The number of pyridine rings is 2. The van der Waals surface area contributed by atoms with Crippen LogP contribution in [0.25, 0.3) is 16.6 Å². The molecule has 1 N–H and O–H groups in total. The highest BCUT2D eigenvalue weighted by Crippen LogP contribution is 2.33. The monoisotopic (exact) mass is 387 g/mol. The maximum Gasteiger partial charge on any atom is 0.415 e. The number of hydrogen-bond acceptors (Lipinski definition) is 5. The summed E-state index contributed by atoms with van der Waals surface area (Å²) in [5.41, 5.74) is -1.12. The fourth-order valence-corrected chi connectivity index (χ4v) is 2.35. The molecular weight excluding hydrogens is 374 g/mol. The Bertz CT molecular complexity index is 1070. The molecule has 0 radical (unpaired) electrons. The second-order valence-corrected chi connectivity index (χ2v) is 5.64. The number of allylic oxidation sites excluding steroid dienone is 4. The summed E-state index contributed by atoms with van der Waals surface area (Å²) in [6, 6.07) is 6.38. The summed E-state index contributed by atoms with van der Waals surface area (Å²) in [6.45, 7) is 6.06. The van der Waals surface area contributed by atoms with Crippen LogP contribution in [0.5, 0.6) is 0 Å². The van der Waals surface area contributed by atoms with E-state index in [1.807, 2.05) is 0 Å². The number of hydrogen-bond donors (Lipinski definition) is 1. The van der Waals surface area contributed by atoms with Gasteiger partial charge in [-0.2, -0.15) is 13.2 Å². The molecule has 3 heterocycles. The van der Waals surface area contributed by atoms with E-state index in [1.54, 1.807) is 18.2 Å². The van der Waals surface area contributed by atoms with Gasteiger partial charge in [0, 0.05) is 28.9 Å². The van der Waals surface area contributed by atoms with E-state index in [4.69, 9.17) is 0 Å². The van der Waals surface area contributed by atoms with Crippen molar-refractivity contribution in [2.75, 3.05) is 5.32 Å². The molecule has 5 nitrogen and oxygen atoms in total. The van der Waals surface area contributed by atoms with Crippen molar-refractivity contribution in [3.05, 3.63) is 79.3 Å². The van der Waals surface area contributed by atoms with E-state index < -0.39 is 23.1 Å². The van der Waals surface area contributed by atoms with Gasteiger partial charge in [-0.05, 0) is 30.3 Å². The van der Waals surface area contributed by atoms with Crippen molar-refractivity contribution in [2.45, 2.75) is 6.18 Å². The second kappa shape index (κ2) is 7.55. The fraction of sp³-hybridized carbons (Fsp3) is 0.0526. The molecule has 9 heteroatoms.